The number of halogens is 1. The Bertz CT molecular complexity index is 2060. The second-order valence-electron chi connectivity index (χ2n) is 13.5. The fourth-order valence-corrected chi connectivity index (χ4v) is 32.1. The molecule has 6 aromatic rings. The van der Waals surface area contributed by atoms with Crippen LogP contribution in [0.1, 0.15) is 47.9 Å². The van der Waals surface area contributed by atoms with Crippen LogP contribution in [-0.4, -0.2) is 8.80 Å². The van der Waals surface area contributed by atoms with Gasteiger partial charge in [0.15, 0.2) is 0 Å². The van der Waals surface area contributed by atoms with Gasteiger partial charge in [-0.3, -0.25) is 0 Å². The zero-order valence-corrected chi connectivity index (χ0v) is 33.1. The van der Waals surface area contributed by atoms with Gasteiger partial charge in [0.1, 0.15) is 0 Å². The van der Waals surface area contributed by atoms with Crippen molar-refractivity contribution in [3.8, 4) is 22.3 Å². The van der Waals surface area contributed by atoms with Crippen molar-refractivity contribution in [1.29, 1.82) is 0 Å². The van der Waals surface area contributed by atoms with Crippen LogP contribution in [0.2, 0.25) is 15.9 Å². The van der Waals surface area contributed by atoms with Gasteiger partial charge in [-0.15, -0.1) is 0 Å². The summed E-state index contributed by atoms with van der Waals surface area (Å²) in [6, 6.07) is 45.5. The predicted octanol–water partition coefficient (Wildman–Crippen LogP) is 12.6. The van der Waals surface area contributed by atoms with E-state index in [1.54, 1.807) is 22.3 Å². The molecule has 3 heteroatoms. The molecule has 224 valence electrons. The number of fused-ring (bicyclic) bond motifs is 4. The molecular formula is C43H37BrHfSi. The molecule has 2 unspecified atom stereocenters. The van der Waals surface area contributed by atoms with Gasteiger partial charge in [0.2, 0.25) is 0 Å². The van der Waals surface area contributed by atoms with Crippen LogP contribution in [0.4, 0.5) is 0 Å². The minimum absolute atomic E-state index is 0.270. The molecule has 0 saturated carbocycles. The molecular weight excluding hydrogens is 803 g/mol. The maximum absolute atomic E-state index is 4.42. The first-order chi connectivity index (χ1) is 22.4. The van der Waals surface area contributed by atoms with E-state index in [0.29, 0.717) is 11.8 Å². The monoisotopic (exact) mass is 840 g/mol. The van der Waals surface area contributed by atoms with Crippen LogP contribution in [-0.2, 0) is 20.6 Å². The fraction of sp³-hybridized carbons (Fsp3) is 0.163. The molecule has 6 aromatic carbocycles. The Labute approximate surface area is 291 Å². The van der Waals surface area contributed by atoms with Crippen molar-refractivity contribution >= 4 is 54.8 Å². The summed E-state index contributed by atoms with van der Waals surface area (Å²) in [4.78, 5) is 0. The summed E-state index contributed by atoms with van der Waals surface area (Å²) >= 11 is 3.11. The molecule has 0 nitrogen and oxygen atoms in total. The second-order valence-corrected chi connectivity index (χ2v) is 25.9. The van der Waals surface area contributed by atoms with Crippen LogP contribution >= 0.6 is 12.3 Å². The van der Waals surface area contributed by atoms with E-state index >= 15 is 0 Å². The van der Waals surface area contributed by atoms with Crippen molar-refractivity contribution in [2.75, 3.05) is 0 Å². The SMILES string of the molecule is CC1=Cc2c(-c3cccc4ccccc34)cccc2C1[C]([Hf][Br])(C1C(C)=Cc2c(-c3cccc4ccccc34)cccc21)[SiH](C)C. The number of allylic oxidation sites excluding steroid dienone is 2. The van der Waals surface area contributed by atoms with E-state index in [4.69, 9.17) is 0 Å². The van der Waals surface area contributed by atoms with Crippen LogP contribution < -0.4 is 0 Å². The van der Waals surface area contributed by atoms with Gasteiger partial charge in [-0.25, -0.2) is 0 Å². The Hall–Kier alpha value is -3.11. The summed E-state index contributed by atoms with van der Waals surface area (Å²) in [6.07, 6.45) is 5.10. The molecule has 0 spiro atoms. The standard InChI is InChI=1S/C43H37Si.BrH.Hf/c1-27-25-39-35(33-19-9-15-29-13-5-7-17-31(29)33)21-11-23-37(39)41(27)43(44(3)4)42-28(2)26-40-36(22-12-24-38(40)42)34-20-10-16-30-14-6-8-18-32(30)34;;/h5-26,41-42,44H,1-4H3;1H;/q;;+1/p-1. The zero-order chi connectivity index (χ0) is 31.6. The van der Waals surface area contributed by atoms with E-state index in [9.17, 15) is 0 Å². The normalized spacial score (nSPS) is 18.3. The first kappa shape index (κ1) is 30.2. The first-order valence-corrected chi connectivity index (χ1v) is 28.9. The number of hydrogen-bond acceptors (Lipinski definition) is 0. The average Bonchev–Trinajstić information content (AvgIpc) is 3.61. The summed E-state index contributed by atoms with van der Waals surface area (Å²) in [6.45, 7) is 10.1. The van der Waals surface area contributed by atoms with E-state index in [1.165, 1.54) is 54.9 Å². The summed E-state index contributed by atoms with van der Waals surface area (Å²) in [7, 11) is -1.22. The minimum atomic E-state index is -1.30. The molecule has 0 aliphatic heterocycles. The number of rotatable bonds is 6. The van der Waals surface area contributed by atoms with Gasteiger partial charge in [0.25, 0.3) is 0 Å². The fourth-order valence-electron chi connectivity index (χ4n) is 8.81. The average molecular weight is 840 g/mol. The predicted molar refractivity (Wildman–Crippen MR) is 202 cm³/mol. The van der Waals surface area contributed by atoms with Gasteiger partial charge in [0.05, 0.1) is 0 Å². The quantitative estimate of drug-likeness (QED) is 0.147. The summed E-state index contributed by atoms with van der Waals surface area (Å²) in [5, 5.41) is 5.27. The Morgan fingerprint density at radius 3 is 1.35 bits per heavy atom. The van der Waals surface area contributed by atoms with Crippen molar-refractivity contribution < 1.29 is 20.6 Å². The molecule has 2 atom stereocenters. The Kier molecular flexibility index (Phi) is 7.79. The van der Waals surface area contributed by atoms with Crippen molar-refractivity contribution in [2.45, 2.75) is 41.6 Å². The van der Waals surface area contributed by atoms with Crippen LogP contribution in [0.3, 0.4) is 0 Å². The molecule has 0 bridgehead atoms. The molecule has 0 fully saturated rings. The number of hydrogen-bond donors (Lipinski definition) is 0. The molecule has 2 aliphatic rings. The molecule has 0 heterocycles. The van der Waals surface area contributed by atoms with Crippen molar-refractivity contribution in [1.82, 2.24) is 0 Å². The van der Waals surface area contributed by atoms with Gasteiger partial charge in [-0.2, -0.15) is 0 Å². The molecule has 46 heavy (non-hydrogen) atoms. The summed E-state index contributed by atoms with van der Waals surface area (Å²) in [5.74, 6) is 0.875. The molecule has 8 rings (SSSR count). The number of benzene rings is 6. The van der Waals surface area contributed by atoms with E-state index in [0.717, 1.165) is 0 Å². The van der Waals surface area contributed by atoms with E-state index in [1.807, 2.05) is 0 Å². The summed E-state index contributed by atoms with van der Waals surface area (Å²) < 4.78 is 0.270. The van der Waals surface area contributed by atoms with Gasteiger partial charge in [-0.05, 0) is 0 Å². The van der Waals surface area contributed by atoms with Crippen LogP contribution in [0.15, 0.2) is 132 Å². The molecule has 0 radical (unpaired) electrons. The molecule has 0 saturated heterocycles. The van der Waals surface area contributed by atoms with E-state index in [-0.39, 0.29) is 2.79 Å². The Balaban J connectivity index is 1.31. The first-order valence-electron chi connectivity index (χ1n) is 16.4. The Morgan fingerprint density at radius 1 is 0.522 bits per heavy atom. The Morgan fingerprint density at radius 2 is 0.913 bits per heavy atom. The van der Waals surface area contributed by atoms with Crippen LogP contribution in [0, 0.1) is 0 Å². The third kappa shape index (κ3) is 4.53. The molecule has 0 N–H and O–H groups in total. The van der Waals surface area contributed by atoms with E-state index in [2.05, 4.69) is 173 Å². The van der Waals surface area contributed by atoms with Gasteiger partial charge >= 0.3 is 294 Å². The van der Waals surface area contributed by atoms with E-state index < -0.39 is 29.4 Å². The van der Waals surface area contributed by atoms with Crippen LogP contribution in [0.25, 0.3) is 56.0 Å². The van der Waals surface area contributed by atoms with Gasteiger partial charge < -0.3 is 0 Å². The molecule has 2 aliphatic carbocycles. The third-order valence-corrected chi connectivity index (χ3v) is 33.1. The second kappa shape index (κ2) is 11.8. The van der Waals surface area contributed by atoms with Gasteiger partial charge in [-0.1, -0.05) is 0 Å². The van der Waals surface area contributed by atoms with Crippen molar-refractivity contribution in [3.63, 3.8) is 0 Å². The van der Waals surface area contributed by atoms with Gasteiger partial charge in [0, 0.05) is 0 Å². The van der Waals surface area contributed by atoms with Crippen LogP contribution in [0.5, 0.6) is 0 Å². The third-order valence-electron chi connectivity index (χ3n) is 10.8. The van der Waals surface area contributed by atoms with Crippen molar-refractivity contribution in [2.24, 2.45) is 0 Å². The maximum atomic E-state index is 4.42. The van der Waals surface area contributed by atoms with Crippen molar-refractivity contribution in [3.05, 3.63) is 155 Å². The zero-order valence-electron chi connectivity index (χ0n) is 26.8. The molecule has 0 amide bonds. The molecule has 0 aromatic heterocycles. The topological polar surface area (TPSA) is 0 Å². The summed E-state index contributed by atoms with van der Waals surface area (Å²) in [5.41, 5.74) is 14.5.